The van der Waals surface area contributed by atoms with E-state index in [0.717, 1.165) is 24.0 Å². The maximum atomic E-state index is 13.6. The average molecular weight is 545 g/mol. The maximum Gasteiger partial charge on any atom is 0.310 e. The zero-order chi connectivity index (χ0) is 27.5. The molecule has 1 rings (SSSR count). The van der Waals surface area contributed by atoms with Crippen molar-refractivity contribution in [1.29, 1.82) is 0 Å². The van der Waals surface area contributed by atoms with E-state index in [1.807, 2.05) is 41.5 Å². The fourth-order valence-corrected chi connectivity index (χ4v) is 13.7. The van der Waals surface area contributed by atoms with Gasteiger partial charge in [0.2, 0.25) is 0 Å². The molecule has 0 fully saturated rings. The molecule has 0 unspecified atom stereocenters. The quantitative estimate of drug-likeness (QED) is 0.0948. The van der Waals surface area contributed by atoms with E-state index in [1.54, 1.807) is 13.0 Å². The molecule has 36 heavy (non-hydrogen) atoms. The molecule has 0 bridgehead atoms. The molecule has 0 aliphatic carbocycles. The van der Waals surface area contributed by atoms with Gasteiger partial charge in [-0.1, -0.05) is 34.6 Å². The van der Waals surface area contributed by atoms with Crippen molar-refractivity contribution in [3.8, 4) is 11.5 Å². The van der Waals surface area contributed by atoms with Crippen LogP contribution < -0.4 is 9.47 Å². The number of hydrogen-bond donors (Lipinski definition) is 1. The van der Waals surface area contributed by atoms with Crippen molar-refractivity contribution >= 4 is 26.2 Å². The standard InChI is InChI=1S/C27H46O7P2/c1-8-25(30)34-23-19-20(6)27(21(7)22(23)16-17-24(28)29)33-18-14-13-15-26(35(31,9-2)10-3)36(32,11-4)12-5/h19,26H,8-18H2,1-7H3,(H,28,29). The first-order valence-electron chi connectivity index (χ1n) is 13.3. The van der Waals surface area contributed by atoms with E-state index in [2.05, 4.69) is 0 Å². The lowest BCUT2D eigenvalue weighted by molar-refractivity contribution is -0.137. The van der Waals surface area contributed by atoms with Crippen LogP contribution in [0.5, 0.6) is 11.5 Å². The molecule has 0 aliphatic heterocycles. The second-order valence-electron chi connectivity index (χ2n) is 9.34. The number of rotatable bonds is 17. The summed E-state index contributed by atoms with van der Waals surface area (Å²) in [6.45, 7) is 13.7. The number of hydrogen-bond acceptors (Lipinski definition) is 6. The zero-order valence-electron chi connectivity index (χ0n) is 23.2. The highest BCUT2D eigenvalue weighted by molar-refractivity contribution is 7.81. The van der Waals surface area contributed by atoms with Crippen molar-refractivity contribution in [3.05, 3.63) is 22.8 Å². The minimum Gasteiger partial charge on any atom is -0.493 e. The first-order chi connectivity index (χ1) is 16.9. The lowest BCUT2D eigenvalue weighted by atomic mass is 9.98. The normalized spacial score (nSPS) is 12.1. The summed E-state index contributed by atoms with van der Waals surface area (Å²) in [5.74, 6) is -0.240. The fourth-order valence-electron chi connectivity index (χ4n) is 4.76. The molecular weight excluding hydrogens is 498 g/mol. The van der Waals surface area contributed by atoms with Crippen LogP contribution in [-0.4, -0.2) is 53.7 Å². The zero-order valence-corrected chi connectivity index (χ0v) is 25.0. The van der Waals surface area contributed by atoms with E-state index in [9.17, 15) is 18.7 Å². The number of carbonyl (C=O) groups excluding carboxylic acids is 1. The van der Waals surface area contributed by atoms with Gasteiger partial charge in [-0.15, -0.1) is 0 Å². The Morgan fingerprint density at radius 2 is 1.50 bits per heavy atom. The molecule has 0 heterocycles. The van der Waals surface area contributed by atoms with Crippen molar-refractivity contribution in [2.75, 3.05) is 31.3 Å². The van der Waals surface area contributed by atoms with E-state index in [-0.39, 0.29) is 30.6 Å². The second-order valence-corrected chi connectivity index (χ2v) is 17.3. The second kappa shape index (κ2) is 15.0. The van der Waals surface area contributed by atoms with Gasteiger partial charge in [0.25, 0.3) is 0 Å². The van der Waals surface area contributed by atoms with Crippen LogP contribution in [0.2, 0.25) is 0 Å². The minimum atomic E-state index is -2.50. The topological polar surface area (TPSA) is 107 Å². The highest BCUT2D eigenvalue weighted by Crippen LogP contribution is 2.69. The Kier molecular flexibility index (Phi) is 13.5. The third-order valence-corrected chi connectivity index (χ3v) is 16.7. The van der Waals surface area contributed by atoms with Crippen LogP contribution in [0, 0.1) is 13.8 Å². The predicted octanol–water partition coefficient (Wildman–Crippen LogP) is 7.32. The van der Waals surface area contributed by atoms with Crippen LogP contribution in [0.1, 0.15) is 83.4 Å². The summed E-state index contributed by atoms with van der Waals surface area (Å²) in [6, 6.07) is 1.74. The van der Waals surface area contributed by atoms with Crippen LogP contribution in [-0.2, 0) is 25.1 Å². The van der Waals surface area contributed by atoms with Gasteiger partial charge in [-0.2, -0.15) is 0 Å². The van der Waals surface area contributed by atoms with Crippen LogP contribution >= 0.6 is 14.3 Å². The molecule has 0 aromatic heterocycles. The number of ether oxygens (including phenoxy) is 2. The molecule has 0 aliphatic rings. The molecule has 0 spiro atoms. The van der Waals surface area contributed by atoms with Crippen LogP contribution in [0.25, 0.3) is 0 Å². The van der Waals surface area contributed by atoms with Gasteiger partial charge in [0.1, 0.15) is 11.5 Å². The summed E-state index contributed by atoms with van der Waals surface area (Å²) in [7, 11) is -5.01. The third-order valence-electron chi connectivity index (χ3n) is 7.23. The maximum absolute atomic E-state index is 13.6. The van der Waals surface area contributed by atoms with Gasteiger partial charge in [0.05, 0.1) is 26.3 Å². The molecule has 7 nitrogen and oxygen atoms in total. The van der Waals surface area contributed by atoms with Gasteiger partial charge in [-0.3, -0.25) is 9.59 Å². The Morgan fingerprint density at radius 1 is 0.944 bits per heavy atom. The summed E-state index contributed by atoms with van der Waals surface area (Å²) in [5.41, 5.74) is 2.25. The Morgan fingerprint density at radius 3 is 1.97 bits per heavy atom. The first kappa shape index (κ1) is 32.4. The Bertz CT molecular complexity index is 945. The van der Waals surface area contributed by atoms with E-state index in [4.69, 9.17) is 14.6 Å². The molecule has 0 amide bonds. The minimum absolute atomic E-state index is 0.0781. The average Bonchev–Trinajstić information content (AvgIpc) is 2.86. The highest BCUT2D eigenvalue weighted by atomic mass is 31.2. The van der Waals surface area contributed by atoms with Gasteiger partial charge in [-0.25, -0.2) is 0 Å². The number of benzene rings is 1. The van der Waals surface area contributed by atoms with Crippen molar-refractivity contribution in [2.45, 2.75) is 92.4 Å². The number of carbonyl (C=O) groups is 2. The number of carboxylic acid groups (broad SMARTS) is 1. The van der Waals surface area contributed by atoms with E-state index >= 15 is 0 Å². The number of esters is 1. The first-order valence-corrected chi connectivity index (χ1v) is 17.6. The predicted molar refractivity (Wildman–Crippen MR) is 148 cm³/mol. The molecule has 1 aromatic carbocycles. The molecule has 0 atom stereocenters. The van der Waals surface area contributed by atoms with E-state index < -0.39 is 20.3 Å². The molecular formula is C27H46O7P2. The molecule has 1 aromatic rings. The van der Waals surface area contributed by atoms with Crippen molar-refractivity contribution in [2.24, 2.45) is 0 Å². The SMILES string of the molecule is CCC(=O)Oc1cc(C)c(OCCCCC(P(=O)(CC)CC)P(=O)(CC)CC)c(C)c1CCC(=O)O. The van der Waals surface area contributed by atoms with Gasteiger partial charge in [-0.05, 0) is 81.4 Å². The van der Waals surface area contributed by atoms with Crippen molar-refractivity contribution < 1.29 is 33.3 Å². The van der Waals surface area contributed by atoms with E-state index in [0.29, 0.717) is 54.7 Å². The van der Waals surface area contributed by atoms with Crippen molar-refractivity contribution in [1.82, 2.24) is 0 Å². The van der Waals surface area contributed by atoms with Gasteiger partial charge < -0.3 is 23.7 Å². The monoisotopic (exact) mass is 544 g/mol. The third kappa shape index (κ3) is 8.48. The molecule has 1 N–H and O–H groups in total. The van der Waals surface area contributed by atoms with E-state index in [1.165, 1.54) is 0 Å². The molecule has 0 saturated heterocycles. The molecule has 0 saturated carbocycles. The number of aliphatic carboxylic acids is 1. The van der Waals surface area contributed by atoms with Crippen LogP contribution in [0.15, 0.2) is 6.07 Å². The summed E-state index contributed by atoms with van der Waals surface area (Å²) in [6.07, 6.45) is 4.90. The summed E-state index contributed by atoms with van der Waals surface area (Å²) in [5, 5.41) is 8.95. The van der Waals surface area contributed by atoms with Crippen LogP contribution in [0.4, 0.5) is 0 Å². The van der Waals surface area contributed by atoms with Gasteiger partial charge in [0, 0.05) is 18.4 Å². The van der Waals surface area contributed by atoms with Gasteiger partial charge in [0.15, 0.2) is 0 Å². The largest absolute Gasteiger partial charge is 0.493 e. The lowest BCUT2D eigenvalue weighted by Gasteiger charge is -2.32. The Labute approximate surface area is 217 Å². The molecule has 9 heteroatoms. The van der Waals surface area contributed by atoms with Crippen LogP contribution in [0.3, 0.4) is 0 Å². The smallest absolute Gasteiger partial charge is 0.310 e. The molecule has 206 valence electrons. The fraction of sp³-hybridized carbons (Fsp3) is 0.704. The van der Waals surface area contributed by atoms with Gasteiger partial charge >= 0.3 is 11.9 Å². The molecule has 0 radical (unpaired) electrons. The summed E-state index contributed by atoms with van der Waals surface area (Å²) >= 11 is 0. The number of aryl methyl sites for hydroxylation is 1. The van der Waals surface area contributed by atoms with Crippen molar-refractivity contribution in [3.63, 3.8) is 0 Å². The summed E-state index contributed by atoms with van der Waals surface area (Å²) < 4.78 is 38.8. The number of unbranched alkanes of at least 4 members (excludes halogenated alkanes) is 1. The lowest BCUT2D eigenvalue weighted by Crippen LogP contribution is -2.16. The Balaban J connectivity index is 3.01. The Hall–Kier alpha value is -1.58. The highest BCUT2D eigenvalue weighted by Gasteiger charge is 2.40. The summed E-state index contributed by atoms with van der Waals surface area (Å²) in [4.78, 5) is 23.1. The number of carboxylic acids is 1.